The fourth-order valence-corrected chi connectivity index (χ4v) is 0.316. The number of aliphatic imine (C=N–C) groups is 1. The molecule has 3 nitrogen and oxygen atoms in total. The highest BCUT2D eigenvalue weighted by Gasteiger charge is 1.83. The van der Waals surface area contributed by atoms with Gasteiger partial charge in [-0.3, -0.25) is 10.3 Å². The molecule has 0 unspecified atom stereocenters. The van der Waals surface area contributed by atoms with Gasteiger partial charge in [0.2, 0.25) is 0 Å². The van der Waals surface area contributed by atoms with Crippen LogP contribution >= 0.6 is 0 Å². The summed E-state index contributed by atoms with van der Waals surface area (Å²) in [6.45, 7) is 2.60. The van der Waals surface area contributed by atoms with Crippen LogP contribution in [0, 0.1) is 0 Å². The van der Waals surface area contributed by atoms with Gasteiger partial charge in [-0.15, -0.1) is 0 Å². The molecular weight excluding hydrogens is 104 g/mol. The molecule has 0 fully saturated rings. The molecular formula is C5H12N2O. The van der Waals surface area contributed by atoms with Crippen molar-refractivity contribution < 1.29 is 5.11 Å². The van der Waals surface area contributed by atoms with Gasteiger partial charge in [0.1, 0.15) is 0 Å². The molecule has 0 saturated carbocycles. The summed E-state index contributed by atoms with van der Waals surface area (Å²) in [4.78, 5) is 3.87. The van der Waals surface area contributed by atoms with Crippen molar-refractivity contribution in [3.63, 3.8) is 0 Å². The molecule has 0 aromatic rings. The zero-order chi connectivity index (χ0) is 6.41. The Morgan fingerprint density at radius 3 is 2.75 bits per heavy atom. The Kier molecular flexibility index (Phi) is 4.50. The van der Waals surface area contributed by atoms with Gasteiger partial charge in [0, 0.05) is 19.3 Å². The van der Waals surface area contributed by atoms with Gasteiger partial charge < -0.3 is 5.11 Å². The Labute approximate surface area is 49.4 Å². The summed E-state index contributed by atoms with van der Waals surface area (Å²) in [7, 11) is 1.73. The molecule has 0 aliphatic rings. The molecule has 8 heavy (non-hydrogen) atoms. The van der Waals surface area contributed by atoms with Crippen LogP contribution in [0.2, 0.25) is 0 Å². The van der Waals surface area contributed by atoms with Gasteiger partial charge in [-0.1, -0.05) is 0 Å². The summed E-state index contributed by atoms with van der Waals surface area (Å²) >= 11 is 0. The van der Waals surface area contributed by atoms with Crippen molar-refractivity contribution in [2.45, 2.75) is 6.92 Å². The number of aliphatic hydroxyl groups is 1. The van der Waals surface area contributed by atoms with Crippen LogP contribution in [0.25, 0.3) is 0 Å². The van der Waals surface area contributed by atoms with Gasteiger partial charge in [-0.2, -0.15) is 0 Å². The average Bonchev–Trinajstić information content (AvgIpc) is 1.83. The molecule has 0 aromatic carbocycles. The van der Waals surface area contributed by atoms with E-state index < -0.39 is 0 Å². The van der Waals surface area contributed by atoms with Crippen LogP contribution in [0.3, 0.4) is 0 Å². The van der Waals surface area contributed by atoms with Gasteiger partial charge in [-0.05, 0) is 6.92 Å². The van der Waals surface area contributed by atoms with E-state index in [0.29, 0.717) is 6.54 Å². The fourth-order valence-electron chi connectivity index (χ4n) is 0.316. The van der Waals surface area contributed by atoms with Crippen molar-refractivity contribution in [3.05, 3.63) is 0 Å². The second-order valence-corrected chi connectivity index (χ2v) is 1.54. The Bertz CT molecular complexity index is 80.5. The van der Waals surface area contributed by atoms with Crippen molar-refractivity contribution in [3.8, 4) is 0 Å². The Morgan fingerprint density at radius 1 is 1.75 bits per heavy atom. The first-order valence-corrected chi connectivity index (χ1v) is 2.55. The predicted molar refractivity (Wildman–Crippen MR) is 34.1 cm³/mol. The van der Waals surface area contributed by atoms with E-state index in [9.17, 15) is 0 Å². The number of rotatable bonds is 3. The van der Waals surface area contributed by atoms with E-state index in [2.05, 4.69) is 10.3 Å². The first kappa shape index (κ1) is 7.59. The first-order valence-electron chi connectivity index (χ1n) is 2.55. The lowest BCUT2D eigenvalue weighted by Crippen LogP contribution is -2.21. The number of hydrogen-bond donors (Lipinski definition) is 2. The van der Waals surface area contributed by atoms with Crippen molar-refractivity contribution >= 4 is 5.71 Å². The van der Waals surface area contributed by atoms with Gasteiger partial charge in [-0.25, -0.2) is 0 Å². The van der Waals surface area contributed by atoms with Crippen LogP contribution in [0.5, 0.6) is 0 Å². The van der Waals surface area contributed by atoms with Crippen molar-refractivity contribution in [2.75, 3.05) is 20.3 Å². The monoisotopic (exact) mass is 116 g/mol. The van der Waals surface area contributed by atoms with E-state index in [4.69, 9.17) is 5.11 Å². The van der Waals surface area contributed by atoms with Crippen LogP contribution in [-0.4, -0.2) is 31.1 Å². The zero-order valence-electron chi connectivity index (χ0n) is 5.31. The molecule has 0 saturated heterocycles. The molecule has 0 radical (unpaired) electrons. The molecule has 0 heterocycles. The smallest absolute Gasteiger partial charge is 0.0934 e. The topological polar surface area (TPSA) is 44.6 Å². The molecule has 0 aliphatic carbocycles. The molecule has 0 rings (SSSR count). The third-order valence-corrected chi connectivity index (χ3v) is 0.874. The third-order valence-electron chi connectivity index (χ3n) is 0.874. The molecule has 0 aliphatic heterocycles. The van der Waals surface area contributed by atoms with Crippen LogP contribution in [0.1, 0.15) is 6.92 Å². The van der Waals surface area contributed by atoms with Gasteiger partial charge >= 0.3 is 0 Å². The largest absolute Gasteiger partial charge is 0.381 e. The van der Waals surface area contributed by atoms with Gasteiger partial charge in [0.15, 0.2) is 0 Å². The van der Waals surface area contributed by atoms with E-state index in [-0.39, 0.29) is 6.73 Å². The van der Waals surface area contributed by atoms with Gasteiger partial charge in [0.05, 0.1) is 6.73 Å². The number of aliphatic hydroxyl groups excluding tert-OH is 1. The highest BCUT2D eigenvalue weighted by molar-refractivity contribution is 5.83. The predicted octanol–water partition coefficient (Wildman–Crippen LogP) is -0.384. The van der Waals surface area contributed by atoms with Crippen LogP contribution in [0.15, 0.2) is 4.99 Å². The lowest BCUT2D eigenvalue weighted by atomic mass is 10.4. The normalized spacial score (nSPS) is 12.1. The first-order chi connectivity index (χ1) is 3.81. The summed E-state index contributed by atoms with van der Waals surface area (Å²) in [6, 6.07) is 0. The van der Waals surface area contributed by atoms with Gasteiger partial charge in [0.25, 0.3) is 0 Å². The summed E-state index contributed by atoms with van der Waals surface area (Å²) in [5.74, 6) is 0. The second kappa shape index (κ2) is 4.74. The van der Waals surface area contributed by atoms with Crippen molar-refractivity contribution in [1.29, 1.82) is 0 Å². The average molecular weight is 116 g/mol. The number of nitrogens with zero attached hydrogens (tertiary/aromatic N) is 1. The van der Waals surface area contributed by atoms with Crippen LogP contribution in [0.4, 0.5) is 0 Å². The Morgan fingerprint density at radius 2 is 2.38 bits per heavy atom. The maximum atomic E-state index is 8.24. The molecule has 0 aromatic heterocycles. The molecule has 0 spiro atoms. The zero-order valence-corrected chi connectivity index (χ0v) is 5.31. The molecule has 48 valence electrons. The lowest BCUT2D eigenvalue weighted by molar-refractivity contribution is 0.268. The Hall–Kier alpha value is -0.410. The highest BCUT2D eigenvalue weighted by Crippen LogP contribution is 1.68. The SMILES string of the molecule is CN=C(C)CNCO. The molecule has 2 N–H and O–H groups in total. The summed E-state index contributed by atoms with van der Waals surface area (Å²) in [6.07, 6.45) is 0. The maximum Gasteiger partial charge on any atom is 0.0934 e. The highest BCUT2D eigenvalue weighted by atomic mass is 16.3. The fraction of sp³-hybridized carbons (Fsp3) is 0.800. The molecule has 0 amide bonds. The van der Waals surface area contributed by atoms with E-state index in [1.54, 1.807) is 7.05 Å². The number of hydrogen-bond acceptors (Lipinski definition) is 3. The summed E-state index contributed by atoms with van der Waals surface area (Å²) < 4.78 is 0. The Balaban J connectivity index is 3.12. The van der Waals surface area contributed by atoms with Crippen molar-refractivity contribution in [2.24, 2.45) is 4.99 Å². The standard InChI is InChI=1S/C5H12N2O/c1-5(6-2)3-7-4-8/h7-8H,3-4H2,1-2H3. The lowest BCUT2D eigenvalue weighted by Gasteiger charge is -1.96. The number of nitrogens with one attached hydrogen (secondary N) is 1. The summed E-state index contributed by atoms with van der Waals surface area (Å²) in [5, 5.41) is 11.0. The van der Waals surface area contributed by atoms with Crippen LogP contribution in [-0.2, 0) is 0 Å². The van der Waals surface area contributed by atoms with E-state index in [0.717, 1.165) is 5.71 Å². The quantitative estimate of drug-likeness (QED) is 0.390. The molecule has 0 bridgehead atoms. The van der Waals surface area contributed by atoms with Crippen LogP contribution < -0.4 is 5.32 Å². The third kappa shape index (κ3) is 3.77. The summed E-state index contributed by atoms with van der Waals surface area (Å²) in [5.41, 5.74) is 0.999. The molecule has 3 heteroatoms. The van der Waals surface area contributed by atoms with E-state index >= 15 is 0 Å². The van der Waals surface area contributed by atoms with E-state index in [1.807, 2.05) is 6.92 Å². The minimum absolute atomic E-state index is 0.0207. The second-order valence-electron chi connectivity index (χ2n) is 1.54. The molecule has 0 atom stereocenters. The van der Waals surface area contributed by atoms with Crippen molar-refractivity contribution in [1.82, 2.24) is 5.32 Å². The minimum atomic E-state index is 0.0207. The minimum Gasteiger partial charge on any atom is -0.381 e. The van der Waals surface area contributed by atoms with E-state index in [1.165, 1.54) is 0 Å². The maximum absolute atomic E-state index is 8.24.